The van der Waals surface area contributed by atoms with Gasteiger partial charge in [0.1, 0.15) is 11.6 Å². The van der Waals surface area contributed by atoms with Gasteiger partial charge in [0.2, 0.25) is 11.0 Å². The zero-order valence-electron chi connectivity index (χ0n) is 16.4. The Hall–Kier alpha value is -2.02. The van der Waals surface area contributed by atoms with Gasteiger partial charge in [-0.3, -0.25) is 4.79 Å². The lowest BCUT2D eigenvalue weighted by atomic mass is 10.1. The Morgan fingerprint density at radius 2 is 2.00 bits per heavy atom. The number of nitrogens with zero attached hydrogens (tertiary/aromatic N) is 3. The average Bonchev–Trinajstić information content (AvgIpc) is 3.09. The Kier molecular flexibility index (Phi) is 8.64. The highest BCUT2D eigenvalue weighted by Crippen LogP contribution is 2.21. The minimum Gasteiger partial charge on any atom is -0.356 e. The number of amides is 1. The van der Waals surface area contributed by atoms with Crippen LogP contribution in [0, 0.1) is 5.82 Å². The van der Waals surface area contributed by atoms with Gasteiger partial charge in [-0.2, -0.15) is 4.37 Å². The number of carbonyl (C=O) groups excluding carboxylic acids is 1. The van der Waals surface area contributed by atoms with Crippen molar-refractivity contribution in [2.24, 2.45) is 0 Å². The van der Waals surface area contributed by atoms with Crippen molar-refractivity contribution >= 4 is 22.6 Å². The highest BCUT2D eigenvalue weighted by atomic mass is 32.1. The molecule has 0 saturated heterocycles. The second-order valence-electron chi connectivity index (χ2n) is 6.89. The Balaban J connectivity index is 1.89. The van der Waals surface area contributed by atoms with E-state index < -0.39 is 0 Å². The summed E-state index contributed by atoms with van der Waals surface area (Å²) in [4.78, 5) is 18.8. The lowest BCUT2D eigenvalue weighted by Crippen LogP contribution is -2.35. The van der Waals surface area contributed by atoms with Crippen LogP contribution >= 0.6 is 11.5 Å². The number of benzene rings is 1. The third kappa shape index (κ3) is 7.25. The van der Waals surface area contributed by atoms with Gasteiger partial charge in [-0.15, -0.1) is 0 Å². The van der Waals surface area contributed by atoms with Gasteiger partial charge < -0.3 is 10.2 Å². The highest BCUT2D eigenvalue weighted by molar-refractivity contribution is 7.09. The van der Waals surface area contributed by atoms with Gasteiger partial charge in [0.05, 0.1) is 0 Å². The summed E-state index contributed by atoms with van der Waals surface area (Å²) in [5, 5.41) is 3.80. The molecule has 1 heterocycles. The van der Waals surface area contributed by atoms with Crippen molar-refractivity contribution in [3.8, 4) is 0 Å². The number of unbranched alkanes of at least 4 members (excludes halogenated alkanes) is 2. The molecule has 1 N–H and O–H groups in total. The van der Waals surface area contributed by atoms with Gasteiger partial charge in [-0.05, 0) is 38.0 Å². The molecule has 0 saturated carbocycles. The molecule has 27 heavy (non-hydrogen) atoms. The molecule has 1 amide bonds. The number of aromatic nitrogens is 2. The molecule has 2 rings (SSSR count). The SMILES string of the molecule is CCCCCNC(=O)CCN(c1nc(Cc2ccc(F)cc2)ns1)C(C)C. The first-order valence-corrected chi connectivity index (χ1v) is 10.4. The molecule has 0 radical (unpaired) electrons. The lowest BCUT2D eigenvalue weighted by Gasteiger charge is -2.25. The molecule has 0 aliphatic heterocycles. The maximum absolute atomic E-state index is 13.0. The van der Waals surface area contributed by atoms with E-state index in [1.54, 1.807) is 12.1 Å². The molecule has 0 aliphatic carbocycles. The fourth-order valence-electron chi connectivity index (χ4n) is 2.71. The molecule has 7 heteroatoms. The fraction of sp³-hybridized carbons (Fsp3) is 0.550. The number of anilines is 1. The first-order valence-electron chi connectivity index (χ1n) is 9.60. The summed E-state index contributed by atoms with van der Waals surface area (Å²) in [6.45, 7) is 7.67. The van der Waals surface area contributed by atoms with Crippen LogP contribution in [0.25, 0.3) is 0 Å². The molecule has 0 spiro atoms. The van der Waals surface area contributed by atoms with E-state index in [1.807, 2.05) is 0 Å². The van der Waals surface area contributed by atoms with Crippen molar-refractivity contribution in [2.75, 3.05) is 18.0 Å². The van der Waals surface area contributed by atoms with Crippen LogP contribution < -0.4 is 10.2 Å². The summed E-state index contributed by atoms with van der Waals surface area (Å²) in [6.07, 6.45) is 4.32. The number of carbonyl (C=O) groups is 1. The number of hydrogen-bond acceptors (Lipinski definition) is 5. The molecule has 0 fully saturated rings. The number of rotatable bonds is 11. The molecule has 0 atom stereocenters. The summed E-state index contributed by atoms with van der Waals surface area (Å²) in [5.74, 6) is 0.550. The summed E-state index contributed by atoms with van der Waals surface area (Å²) in [6, 6.07) is 6.62. The van der Waals surface area contributed by atoms with E-state index >= 15 is 0 Å². The van der Waals surface area contributed by atoms with Gasteiger partial charge >= 0.3 is 0 Å². The van der Waals surface area contributed by atoms with Crippen molar-refractivity contribution in [1.82, 2.24) is 14.7 Å². The number of halogens is 1. The van der Waals surface area contributed by atoms with Gasteiger partial charge in [0.25, 0.3) is 0 Å². The van der Waals surface area contributed by atoms with E-state index in [2.05, 4.69) is 40.3 Å². The van der Waals surface area contributed by atoms with Crippen LogP contribution in [-0.4, -0.2) is 34.4 Å². The first-order chi connectivity index (χ1) is 13.0. The second kappa shape index (κ2) is 11.0. The van der Waals surface area contributed by atoms with Crippen molar-refractivity contribution in [1.29, 1.82) is 0 Å². The quantitative estimate of drug-likeness (QED) is 0.583. The summed E-state index contributed by atoms with van der Waals surface area (Å²) in [7, 11) is 0. The van der Waals surface area contributed by atoms with E-state index in [0.29, 0.717) is 19.4 Å². The Bertz CT molecular complexity index is 702. The maximum atomic E-state index is 13.0. The zero-order valence-corrected chi connectivity index (χ0v) is 17.2. The molecule has 0 bridgehead atoms. The zero-order chi connectivity index (χ0) is 19.6. The molecular formula is C20H29FN4OS. The fourth-order valence-corrected chi connectivity index (χ4v) is 3.55. The second-order valence-corrected chi connectivity index (χ2v) is 7.62. The predicted molar refractivity (Wildman–Crippen MR) is 109 cm³/mol. The van der Waals surface area contributed by atoms with Crippen molar-refractivity contribution in [3.05, 3.63) is 41.5 Å². The Morgan fingerprint density at radius 1 is 1.26 bits per heavy atom. The molecule has 1 aromatic carbocycles. The van der Waals surface area contributed by atoms with Gasteiger partial charge in [-0.25, -0.2) is 9.37 Å². The third-order valence-corrected chi connectivity index (χ3v) is 5.08. The summed E-state index contributed by atoms with van der Waals surface area (Å²) in [5.41, 5.74) is 0.975. The van der Waals surface area contributed by atoms with Crippen molar-refractivity contribution in [3.63, 3.8) is 0 Å². The molecule has 1 aromatic heterocycles. The van der Waals surface area contributed by atoms with Crippen LogP contribution in [-0.2, 0) is 11.2 Å². The maximum Gasteiger partial charge on any atom is 0.221 e. The Morgan fingerprint density at radius 3 is 2.67 bits per heavy atom. The van der Waals surface area contributed by atoms with Crippen LogP contribution in [0.5, 0.6) is 0 Å². The highest BCUT2D eigenvalue weighted by Gasteiger charge is 2.17. The van der Waals surface area contributed by atoms with Crippen LogP contribution in [0.2, 0.25) is 0 Å². The Labute approximate surface area is 165 Å². The smallest absolute Gasteiger partial charge is 0.221 e. The molecule has 0 aliphatic rings. The van der Waals surface area contributed by atoms with E-state index in [0.717, 1.165) is 42.3 Å². The molecular weight excluding hydrogens is 363 g/mol. The van der Waals surface area contributed by atoms with Gasteiger partial charge in [-0.1, -0.05) is 31.9 Å². The van der Waals surface area contributed by atoms with Crippen LogP contribution in [0.15, 0.2) is 24.3 Å². The predicted octanol–water partition coefficient (Wildman–Crippen LogP) is 4.18. The van der Waals surface area contributed by atoms with Crippen molar-refractivity contribution in [2.45, 2.75) is 58.9 Å². The monoisotopic (exact) mass is 392 g/mol. The van der Waals surface area contributed by atoms with Crippen LogP contribution in [0.1, 0.15) is 57.8 Å². The lowest BCUT2D eigenvalue weighted by molar-refractivity contribution is -0.120. The van der Waals surface area contributed by atoms with E-state index in [-0.39, 0.29) is 17.8 Å². The third-order valence-electron chi connectivity index (χ3n) is 4.28. The number of hydrogen-bond donors (Lipinski definition) is 1. The molecule has 0 unspecified atom stereocenters. The minimum absolute atomic E-state index is 0.0767. The minimum atomic E-state index is -0.246. The topological polar surface area (TPSA) is 58.1 Å². The summed E-state index contributed by atoms with van der Waals surface area (Å²) >= 11 is 1.34. The molecule has 2 aromatic rings. The number of nitrogens with one attached hydrogen (secondary N) is 1. The van der Waals surface area contributed by atoms with E-state index in [9.17, 15) is 9.18 Å². The van der Waals surface area contributed by atoms with Gasteiger partial charge in [0.15, 0.2) is 0 Å². The van der Waals surface area contributed by atoms with Crippen LogP contribution in [0.3, 0.4) is 0 Å². The molecule has 148 valence electrons. The normalized spacial score (nSPS) is 11.0. The first kappa shape index (κ1) is 21.3. The van der Waals surface area contributed by atoms with E-state index in [1.165, 1.54) is 23.7 Å². The van der Waals surface area contributed by atoms with Crippen LogP contribution in [0.4, 0.5) is 9.52 Å². The average molecular weight is 393 g/mol. The molecule has 5 nitrogen and oxygen atoms in total. The summed E-state index contributed by atoms with van der Waals surface area (Å²) < 4.78 is 17.5. The van der Waals surface area contributed by atoms with Crippen molar-refractivity contribution < 1.29 is 9.18 Å². The largest absolute Gasteiger partial charge is 0.356 e. The van der Waals surface area contributed by atoms with E-state index in [4.69, 9.17) is 0 Å². The van der Waals surface area contributed by atoms with Gasteiger partial charge in [0, 0.05) is 43.5 Å². The standard InChI is InChI=1S/C20H29FN4OS/c1-4-5-6-12-22-19(26)11-13-25(15(2)3)20-23-18(24-27-20)14-16-7-9-17(21)10-8-16/h7-10,15H,4-6,11-14H2,1-3H3,(H,22,26).